The fourth-order valence-corrected chi connectivity index (χ4v) is 2.53. The van der Waals surface area contributed by atoms with Gasteiger partial charge < -0.3 is 40.9 Å². The lowest BCUT2D eigenvalue weighted by atomic mass is 9.79. The molecule has 4 atom stereocenters. The van der Waals surface area contributed by atoms with Crippen molar-refractivity contribution in [2.24, 2.45) is 0 Å². The number of hydrogen-bond donors (Lipinski definition) is 6. The van der Waals surface area contributed by atoms with Crippen molar-refractivity contribution in [1.29, 1.82) is 0 Å². The molecule has 0 aliphatic heterocycles. The fraction of sp³-hybridized carbons (Fsp3) is 0.375. The third-order valence-corrected chi connectivity index (χ3v) is 3.94. The summed E-state index contributed by atoms with van der Waals surface area (Å²) in [6, 6.07) is 3.83. The van der Waals surface area contributed by atoms with Crippen LogP contribution in [0, 0.1) is 0 Å². The maximum absolute atomic E-state index is 11.8. The van der Waals surface area contributed by atoms with E-state index in [2.05, 4.69) is 0 Å². The van der Waals surface area contributed by atoms with Gasteiger partial charge in [0.25, 0.3) is 0 Å². The Hall–Kier alpha value is -2.66. The Kier molecular flexibility index (Phi) is 6.70. The summed E-state index contributed by atoms with van der Waals surface area (Å²) < 4.78 is 4.92. The van der Waals surface area contributed by atoms with Crippen LogP contribution in [0.25, 0.3) is 6.08 Å². The van der Waals surface area contributed by atoms with Crippen LogP contribution in [0.4, 0.5) is 0 Å². The number of benzene rings is 1. The molecule has 1 aliphatic carbocycles. The van der Waals surface area contributed by atoms with Crippen molar-refractivity contribution in [2.75, 3.05) is 0 Å². The van der Waals surface area contributed by atoms with Gasteiger partial charge in [0, 0.05) is 18.9 Å². The number of phenols is 2. The van der Waals surface area contributed by atoms with Crippen LogP contribution >= 0.6 is 0 Å². The summed E-state index contributed by atoms with van der Waals surface area (Å²) >= 11 is 0. The van der Waals surface area contributed by atoms with Crippen molar-refractivity contribution in [1.82, 2.24) is 0 Å². The van der Waals surface area contributed by atoms with Gasteiger partial charge in [-0.15, -0.1) is 0 Å². The van der Waals surface area contributed by atoms with Crippen LogP contribution in [0.3, 0.4) is 0 Å². The van der Waals surface area contributed by atoms with E-state index in [4.69, 9.17) is 9.84 Å². The molecule has 1 aromatic rings. The van der Waals surface area contributed by atoms with E-state index in [1.54, 1.807) is 0 Å². The molecule has 0 amide bonds. The Bertz CT molecular complexity index is 700. The van der Waals surface area contributed by atoms with Gasteiger partial charge in [0.1, 0.15) is 12.2 Å². The number of carbonyl (C=O) groups is 2. The van der Waals surface area contributed by atoms with Crippen molar-refractivity contribution >= 4 is 18.0 Å². The van der Waals surface area contributed by atoms with Crippen molar-refractivity contribution < 1.29 is 50.4 Å². The fourth-order valence-electron chi connectivity index (χ4n) is 2.53. The number of carbonyl (C=O) groups excluding carboxylic acids is 1. The molecule has 8 N–H and O–H groups in total. The molecule has 1 saturated carbocycles. The minimum Gasteiger partial charge on any atom is -0.504 e. The van der Waals surface area contributed by atoms with Gasteiger partial charge >= 0.3 is 11.9 Å². The molecule has 0 saturated heterocycles. The SMILES string of the molecule is O.O=C(/C=C/c1ccc(O)c(O)c1)O[C@@H]1C[C@@](O)(C(=O)O)C[C@@H](O)[C@H]1O. The van der Waals surface area contributed by atoms with Gasteiger partial charge in [-0.3, -0.25) is 0 Å². The Balaban J connectivity index is 0.00000338. The highest BCUT2D eigenvalue weighted by atomic mass is 16.6. The first-order valence-corrected chi connectivity index (χ1v) is 7.35. The lowest BCUT2D eigenvalue weighted by Crippen LogP contribution is -2.57. The summed E-state index contributed by atoms with van der Waals surface area (Å²) in [5, 5.41) is 57.0. The normalized spacial score (nSPS) is 28.3. The quantitative estimate of drug-likeness (QED) is 0.207. The second kappa shape index (κ2) is 8.15. The molecule has 144 valence electrons. The van der Waals surface area contributed by atoms with E-state index in [0.717, 1.165) is 6.08 Å². The summed E-state index contributed by atoms with van der Waals surface area (Å²) in [5.41, 5.74) is -1.94. The van der Waals surface area contributed by atoms with Crippen molar-refractivity contribution in [3.05, 3.63) is 29.8 Å². The molecular weight excluding hydrogens is 352 g/mol. The molecule has 0 unspecified atom stereocenters. The van der Waals surface area contributed by atoms with E-state index in [9.17, 15) is 35.1 Å². The Morgan fingerprint density at radius 2 is 1.81 bits per heavy atom. The average Bonchev–Trinajstić information content (AvgIpc) is 2.53. The third-order valence-electron chi connectivity index (χ3n) is 3.94. The first-order valence-electron chi connectivity index (χ1n) is 7.35. The minimum absolute atomic E-state index is 0. The molecule has 26 heavy (non-hydrogen) atoms. The van der Waals surface area contributed by atoms with Crippen molar-refractivity contribution in [3.63, 3.8) is 0 Å². The maximum Gasteiger partial charge on any atom is 0.335 e. The number of rotatable bonds is 4. The van der Waals surface area contributed by atoms with Crippen LogP contribution in [-0.4, -0.2) is 72.0 Å². The van der Waals surface area contributed by atoms with E-state index in [-0.39, 0.29) is 17.0 Å². The van der Waals surface area contributed by atoms with E-state index in [1.807, 2.05) is 0 Å². The molecule has 0 radical (unpaired) electrons. The number of aliphatic hydroxyl groups is 3. The van der Waals surface area contributed by atoms with E-state index in [0.29, 0.717) is 5.56 Å². The van der Waals surface area contributed by atoms with Gasteiger partial charge in [-0.1, -0.05) is 6.07 Å². The van der Waals surface area contributed by atoms with Gasteiger partial charge in [-0.25, -0.2) is 9.59 Å². The Morgan fingerprint density at radius 3 is 2.38 bits per heavy atom. The number of phenolic OH excluding ortho intramolecular Hbond substituents is 2. The van der Waals surface area contributed by atoms with Gasteiger partial charge in [0.15, 0.2) is 17.1 Å². The molecule has 0 heterocycles. The molecular formula is C16H20O10. The largest absolute Gasteiger partial charge is 0.504 e. The van der Waals surface area contributed by atoms with Crippen LogP contribution < -0.4 is 0 Å². The van der Waals surface area contributed by atoms with Crippen molar-refractivity contribution in [2.45, 2.75) is 36.8 Å². The number of aliphatic carboxylic acids is 1. The number of carboxylic acid groups (broad SMARTS) is 1. The van der Waals surface area contributed by atoms with Crippen LogP contribution in [0.5, 0.6) is 11.5 Å². The van der Waals surface area contributed by atoms with Crippen LogP contribution in [0.2, 0.25) is 0 Å². The molecule has 0 spiro atoms. The molecule has 10 nitrogen and oxygen atoms in total. The first kappa shape index (κ1) is 21.4. The van der Waals surface area contributed by atoms with Gasteiger partial charge in [0.2, 0.25) is 0 Å². The van der Waals surface area contributed by atoms with E-state index in [1.165, 1.54) is 24.3 Å². The van der Waals surface area contributed by atoms with Crippen LogP contribution in [0.15, 0.2) is 24.3 Å². The molecule has 1 aromatic carbocycles. The zero-order chi connectivity index (χ0) is 18.8. The highest BCUT2D eigenvalue weighted by Crippen LogP contribution is 2.31. The molecule has 1 aliphatic rings. The van der Waals surface area contributed by atoms with Crippen LogP contribution in [-0.2, 0) is 14.3 Å². The number of ether oxygens (including phenoxy) is 1. The predicted molar refractivity (Wildman–Crippen MR) is 86.1 cm³/mol. The Morgan fingerprint density at radius 1 is 1.15 bits per heavy atom. The van der Waals surface area contributed by atoms with Crippen LogP contribution in [0.1, 0.15) is 18.4 Å². The smallest absolute Gasteiger partial charge is 0.335 e. The molecule has 0 bridgehead atoms. The van der Waals surface area contributed by atoms with Gasteiger partial charge in [-0.2, -0.15) is 0 Å². The van der Waals surface area contributed by atoms with E-state index >= 15 is 0 Å². The lowest BCUT2D eigenvalue weighted by Gasteiger charge is -2.39. The Labute approximate surface area is 147 Å². The number of aliphatic hydroxyl groups excluding tert-OH is 2. The second-order valence-electron chi connectivity index (χ2n) is 5.86. The number of aromatic hydroxyl groups is 2. The summed E-state index contributed by atoms with van der Waals surface area (Å²) in [6.45, 7) is 0. The molecule has 10 heteroatoms. The summed E-state index contributed by atoms with van der Waals surface area (Å²) in [6.07, 6.45) is -3.44. The highest BCUT2D eigenvalue weighted by Gasteiger charge is 2.50. The average molecular weight is 372 g/mol. The topological polar surface area (TPSA) is 196 Å². The summed E-state index contributed by atoms with van der Waals surface area (Å²) in [7, 11) is 0. The van der Waals surface area contributed by atoms with Gasteiger partial charge in [-0.05, 0) is 23.8 Å². The first-order chi connectivity index (χ1) is 11.6. The zero-order valence-corrected chi connectivity index (χ0v) is 13.4. The monoisotopic (exact) mass is 372 g/mol. The number of esters is 1. The standard InChI is InChI=1S/C16H18O9.H2O/c17-9-3-1-8(5-10(9)18)2-4-13(20)25-12-7-16(24,15(22)23)6-11(19)14(12)21;/h1-5,11-12,14,17-19,21,24H,6-7H2,(H,22,23);1H2/b4-2+;/t11-,12-,14-,16-;/m1./s1. The third kappa shape index (κ3) is 4.70. The predicted octanol–water partition coefficient (Wildman–Crippen LogP) is -1.47. The summed E-state index contributed by atoms with van der Waals surface area (Å²) in [5.74, 6) is -3.24. The van der Waals surface area contributed by atoms with Crippen molar-refractivity contribution in [3.8, 4) is 11.5 Å². The highest BCUT2D eigenvalue weighted by molar-refractivity contribution is 5.87. The summed E-state index contributed by atoms with van der Waals surface area (Å²) in [4.78, 5) is 22.9. The maximum atomic E-state index is 11.8. The minimum atomic E-state index is -2.31. The number of carboxylic acids is 1. The van der Waals surface area contributed by atoms with E-state index < -0.39 is 48.7 Å². The molecule has 2 rings (SSSR count). The number of hydrogen-bond acceptors (Lipinski definition) is 8. The molecule has 1 fully saturated rings. The second-order valence-corrected chi connectivity index (χ2v) is 5.86. The molecule has 0 aromatic heterocycles. The zero-order valence-electron chi connectivity index (χ0n) is 13.4. The lowest BCUT2D eigenvalue weighted by molar-refractivity contribution is -0.196. The van der Waals surface area contributed by atoms with Gasteiger partial charge in [0.05, 0.1) is 6.10 Å².